The highest BCUT2D eigenvalue weighted by molar-refractivity contribution is 9.10. The van der Waals surface area contributed by atoms with Gasteiger partial charge in [-0.25, -0.2) is 0 Å². The van der Waals surface area contributed by atoms with Crippen LogP contribution < -0.4 is 0 Å². The minimum absolute atomic E-state index is 0.0514. The van der Waals surface area contributed by atoms with E-state index in [1.165, 1.54) is 6.07 Å². The lowest BCUT2D eigenvalue weighted by Gasteiger charge is -2.37. The molecule has 3 fully saturated rings. The number of benzene rings is 1. The van der Waals surface area contributed by atoms with Crippen LogP contribution in [0.25, 0.3) is 0 Å². The Bertz CT molecular complexity index is 938. The zero-order chi connectivity index (χ0) is 19.0. The van der Waals surface area contributed by atoms with Gasteiger partial charge < -0.3 is 5.11 Å². The van der Waals surface area contributed by atoms with Gasteiger partial charge in [0.1, 0.15) is 5.75 Å². The van der Waals surface area contributed by atoms with Crippen LogP contribution in [0.3, 0.4) is 0 Å². The number of imide groups is 1. The molecule has 4 aliphatic carbocycles. The normalized spacial score (nSPS) is 35.7. The lowest BCUT2D eigenvalue weighted by atomic mass is 9.63. The average Bonchev–Trinajstić information content (AvgIpc) is 3.42. The molecule has 1 aromatic carbocycles. The first-order valence-corrected chi connectivity index (χ1v) is 9.45. The number of nitrogens with zero attached hydrogens (tertiary/aromatic N) is 3. The fourth-order valence-electron chi connectivity index (χ4n) is 4.98. The fourth-order valence-corrected chi connectivity index (χ4v) is 5.45. The number of carbonyl (C=O) groups is 2. The quantitative estimate of drug-likeness (QED) is 0.259. The summed E-state index contributed by atoms with van der Waals surface area (Å²) in [5.74, 6) is -0.423. The second kappa shape index (κ2) is 5.48. The van der Waals surface area contributed by atoms with E-state index in [0.717, 1.165) is 23.7 Å². The van der Waals surface area contributed by atoms with E-state index in [0.29, 0.717) is 11.8 Å². The molecule has 9 heteroatoms. The van der Waals surface area contributed by atoms with Gasteiger partial charge in [0.05, 0.1) is 27.4 Å². The van der Waals surface area contributed by atoms with Crippen molar-refractivity contribution in [3.63, 3.8) is 0 Å². The third-order valence-corrected chi connectivity index (χ3v) is 6.84. The van der Waals surface area contributed by atoms with Crippen molar-refractivity contribution in [3.05, 3.63) is 44.4 Å². The number of halogens is 1. The molecular weight excluding hydrogens is 418 g/mol. The molecule has 0 spiro atoms. The van der Waals surface area contributed by atoms with Crippen molar-refractivity contribution in [2.75, 3.05) is 0 Å². The summed E-state index contributed by atoms with van der Waals surface area (Å²) in [5, 5.41) is 26.0. The van der Waals surface area contributed by atoms with E-state index >= 15 is 0 Å². The van der Waals surface area contributed by atoms with Crippen LogP contribution in [0.4, 0.5) is 5.69 Å². The predicted octanol–water partition coefficient (Wildman–Crippen LogP) is 2.45. The number of hydrogen-bond acceptors (Lipinski definition) is 6. The van der Waals surface area contributed by atoms with Gasteiger partial charge in [0, 0.05) is 17.7 Å². The van der Waals surface area contributed by atoms with Gasteiger partial charge in [0.25, 0.3) is 17.5 Å². The van der Waals surface area contributed by atoms with Crippen molar-refractivity contribution in [1.29, 1.82) is 0 Å². The van der Waals surface area contributed by atoms with E-state index in [1.54, 1.807) is 0 Å². The highest BCUT2D eigenvalue weighted by Crippen LogP contribution is 2.65. The number of allylic oxidation sites excluding steroid dienone is 2. The van der Waals surface area contributed by atoms with E-state index in [4.69, 9.17) is 0 Å². The summed E-state index contributed by atoms with van der Waals surface area (Å²) in [4.78, 5) is 36.1. The number of carbonyl (C=O) groups excluding carboxylic acids is 2. The van der Waals surface area contributed by atoms with Crippen LogP contribution in [0.5, 0.6) is 5.75 Å². The van der Waals surface area contributed by atoms with Crippen molar-refractivity contribution in [2.45, 2.75) is 6.42 Å². The monoisotopic (exact) mass is 431 g/mol. The lowest BCUT2D eigenvalue weighted by molar-refractivity contribution is -0.385. The first kappa shape index (κ1) is 16.6. The summed E-state index contributed by atoms with van der Waals surface area (Å²) in [5.41, 5.74) is -0.188. The number of phenolic OH excluding ortho intramolecular Hbond substituents is 1. The Morgan fingerprint density at radius 3 is 2.33 bits per heavy atom. The average molecular weight is 432 g/mol. The number of hydrogen-bond donors (Lipinski definition) is 1. The molecule has 1 saturated heterocycles. The van der Waals surface area contributed by atoms with Crippen molar-refractivity contribution in [3.8, 4) is 5.75 Å². The van der Waals surface area contributed by atoms with Gasteiger partial charge >= 0.3 is 0 Å². The van der Waals surface area contributed by atoms with Gasteiger partial charge in [-0.2, -0.15) is 10.1 Å². The minimum Gasteiger partial charge on any atom is -0.506 e. The number of non-ortho nitro benzene ring substituents is 1. The second-order valence-corrected chi connectivity index (χ2v) is 8.36. The SMILES string of the molecule is O=C1[C@@H]2[C@@H]3C=C[C@H]([C@H]4C[C@@H]34)[C@@H]2C(=O)N1/N=C\c1cc([N+](=O)[O-])cc(Br)c1O. The van der Waals surface area contributed by atoms with Gasteiger partial charge in [-0.05, 0) is 46.0 Å². The summed E-state index contributed by atoms with van der Waals surface area (Å²) >= 11 is 3.06. The Balaban J connectivity index is 1.47. The molecule has 2 amide bonds. The van der Waals surface area contributed by atoms with Crippen molar-refractivity contribution in [1.82, 2.24) is 5.01 Å². The van der Waals surface area contributed by atoms with E-state index in [-0.39, 0.29) is 57.0 Å². The van der Waals surface area contributed by atoms with Crippen LogP contribution >= 0.6 is 15.9 Å². The van der Waals surface area contributed by atoms with Crippen molar-refractivity contribution in [2.24, 2.45) is 40.6 Å². The van der Waals surface area contributed by atoms with Crippen LogP contribution in [0.2, 0.25) is 0 Å². The number of hydrazone groups is 1. The van der Waals surface area contributed by atoms with Gasteiger partial charge in [-0.3, -0.25) is 19.7 Å². The largest absolute Gasteiger partial charge is 0.506 e. The molecule has 1 aliphatic heterocycles. The molecule has 1 N–H and O–H groups in total. The number of rotatable bonds is 3. The zero-order valence-electron chi connectivity index (χ0n) is 13.9. The number of amides is 2. The zero-order valence-corrected chi connectivity index (χ0v) is 15.4. The van der Waals surface area contributed by atoms with Crippen LogP contribution in [0.15, 0.2) is 33.9 Å². The van der Waals surface area contributed by atoms with Gasteiger partial charge in [0.15, 0.2) is 0 Å². The molecule has 138 valence electrons. The molecule has 1 heterocycles. The highest BCUT2D eigenvalue weighted by Gasteiger charge is 2.67. The molecule has 27 heavy (non-hydrogen) atoms. The van der Waals surface area contributed by atoms with Crippen LogP contribution in [-0.4, -0.2) is 33.1 Å². The van der Waals surface area contributed by atoms with Crippen LogP contribution in [0, 0.1) is 45.6 Å². The van der Waals surface area contributed by atoms with Gasteiger partial charge in [-0.15, -0.1) is 0 Å². The molecule has 5 aliphatic rings. The van der Waals surface area contributed by atoms with E-state index in [1.807, 2.05) is 0 Å². The summed E-state index contributed by atoms with van der Waals surface area (Å²) in [6.07, 6.45) is 6.34. The third kappa shape index (κ3) is 2.24. The van der Waals surface area contributed by atoms with Crippen molar-refractivity contribution < 1.29 is 19.6 Å². The predicted molar refractivity (Wildman–Crippen MR) is 96.6 cm³/mol. The number of nitro benzene ring substituents is 1. The number of phenols is 1. The summed E-state index contributed by atoms with van der Waals surface area (Å²) in [6, 6.07) is 2.31. The van der Waals surface area contributed by atoms with E-state index in [9.17, 15) is 24.8 Å². The topological polar surface area (TPSA) is 113 Å². The molecule has 8 nitrogen and oxygen atoms in total. The molecule has 0 radical (unpaired) electrons. The molecule has 1 aromatic rings. The summed E-state index contributed by atoms with van der Waals surface area (Å²) < 4.78 is 0.133. The third-order valence-electron chi connectivity index (χ3n) is 6.24. The number of nitro groups is 1. The standard InChI is InChI=1S/C18H14BrN3O5/c19-13-4-8(22(26)27)3-7(16(13)23)6-20-21-17(24)14-9-1-2-10(12-5-11(9)12)15(14)18(21)25/h1-4,6,9-12,14-15,23H,5H2/b20-6-/t9-,10-,11-,12+,14+,15-/m1/s1. The first-order chi connectivity index (χ1) is 12.9. The van der Waals surface area contributed by atoms with Gasteiger partial charge in [0.2, 0.25) is 0 Å². The minimum atomic E-state index is -0.599. The second-order valence-electron chi connectivity index (χ2n) is 7.51. The maximum atomic E-state index is 12.8. The Morgan fingerprint density at radius 2 is 1.78 bits per heavy atom. The maximum absolute atomic E-state index is 12.8. The molecule has 2 bridgehead atoms. The molecule has 0 aromatic heterocycles. The fraction of sp³-hybridized carbons (Fsp3) is 0.389. The van der Waals surface area contributed by atoms with Crippen LogP contribution in [-0.2, 0) is 9.59 Å². The number of aromatic hydroxyl groups is 1. The van der Waals surface area contributed by atoms with E-state index in [2.05, 4.69) is 33.2 Å². The summed E-state index contributed by atoms with van der Waals surface area (Å²) in [7, 11) is 0. The molecule has 6 atom stereocenters. The molecule has 2 saturated carbocycles. The molecule has 0 unspecified atom stereocenters. The first-order valence-electron chi connectivity index (χ1n) is 8.65. The highest BCUT2D eigenvalue weighted by atomic mass is 79.9. The Kier molecular flexibility index (Phi) is 3.37. The summed E-state index contributed by atoms with van der Waals surface area (Å²) in [6.45, 7) is 0. The molecular formula is C18H14BrN3O5. The maximum Gasteiger partial charge on any atom is 0.271 e. The Morgan fingerprint density at radius 1 is 1.19 bits per heavy atom. The Labute approximate surface area is 161 Å². The smallest absolute Gasteiger partial charge is 0.271 e. The molecule has 6 rings (SSSR count). The van der Waals surface area contributed by atoms with Crippen molar-refractivity contribution >= 4 is 39.6 Å². The van der Waals surface area contributed by atoms with Gasteiger partial charge in [-0.1, -0.05) is 12.2 Å². The van der Waals surface area contributed by atoms with Crippen LogP contribution in [0.1, 0.15) is 12.0 Å². The Hall–Kier alpha value is -2.55. The van der Waals surface area contributed by atoms with E-state index < -0.39 is 4.92 Å². The lowest BCUT2D eigenvalue weighted by Crippen LogP contribution is -2.40.